The van der Waals surface area contributed by atoms with Crippen LogP contribution in [0.25, 0.3) is 0 Å². The Labute approximate surface area is 116 Å². The van der Waals surface area contributed by atoms with E-state index in [9.17, 15) is 10.2 Å². The van der Waals surface area contributed by atoms with Crippen LogP contribution in [0.4, 0.5) is 0 Å². The van der Waals surface area contributed by atoms with Crippen LogP contribution in [0.2, 0.25) is 0 Å². The Morgan fingerprint density at radius 2 is 1.79 bits per heavy atom. The number of hydrogen-bond donors (Lipinski definition) is 2. The van der Waals surface area contributed by atoms with E-state index >= 15 is 0 Å². The molecule has 0 heterocycles. The van der Waals surface area contributed by atoms with E-state index in [-0.39, 0.29) is 11.0 Å². The van der Waals surface area contributed by atoms with E-state index in [0.717, 1.165) is 38.5 Å². The zero-order chi connectivity index (χ0) is 13.9. The molecule has 4 saturated carbocycles. The molecule has 4 rings (SSSR count). The van der Waals surface area contributed by atoms with Gasteiger partial charge in [-0.2, -0.15) is 0 Å². The summed E-state index contributed by atoms with van der Waals surface area (Å²) in [6.07, 6.45) is 6.10. The summed E-state index contributed by atoms with van der Waals surface area (Å²) in [5.74, 6) is 1.20. The van der Waals surface area contributed by atoms with Gasteiger partial charge in [0.2, 0.25) is 0 Å². The molecule has 4 fully saturated rings. The van der Waals surface area contributed by atoms with Gasteiger partial charge in [0, 0.05) is 11.8 Å². The van der Waals surface area contributed by atoms with Gasteiger partial charge in [0.15, 0.2) is 6.29 Å². The molecule has 0 radical (unpaired) electrons. The summed E-state index contributed by atoms with van der Waals surface area (Å²) in [6.45, 7) is 6.18. The highest BCUT2D eigenvalue weighted by molar-refractivity contribution is 5.10. The van der Waals surface area contributed by atoms with E-state index in [1.54, 1.807) is 0 Å². The zero-order valence-corrected chi connectivity index (χ0v) is 12.5. The second kappa shape index (κ2) is 4.19. The number of hydrogen-bond acceptors (Lipinski definition) is 3. The molecule has 19 heavy (non-hydrogen) atoms. The summed E-state index contributed by atoms with van der Waals surface area (Å²) in [6, 6.07) is 0. The minimum Gasteiger partial charge on any atom is -0.390 e. The van der Waals surface area contributed by atoms with E-state index in [2.05, 4.69) is 6.92 Å². The van der Waals surface area contributed by atoms with Crippen molar-refractivity contribution in [3.63, 3.8) is 0 Å². The number of aliphatic hydroxyl groups is 2. The summed E-state index contributed by atoms with van der Waals surface area (Å²) < 4.78 is 6.17. The van der Waals surface area contributed by atoms with Crippen molar-refractivity contribution in [2.24, 2.45) is 17.3 Å². The van der Waals surface area contributed by atoms with Crippen molar-refractivity contribution in [2.45, 2.75) is 83.2 Å². The molecule has 2 N–H and O–H groups in total. The molecule has 3 heteroatoms. The van der Waals surface area contributed by atoms with Crippen LogP contribution in [0.15, 0.2) is 0 Å². The third-order valence-electron chi connectivity index (χ3n) is 5.92. The Morgan fingerprint density at radius 3 is 2.26 bits per heavy atom. The summed E-state index contributed by atoms with van der Waals surface area (Å²) in [7, 11) is 0. The van der Waals surface area contributed by atoms with Crippen LogP contribution in [0.3, 0.4) is 0 Å². The van der Waals surface area contributed by atoms with Crippen molar-refractivity contribution in [1.82, 2.24) is 0 Å². The van der Waals surface area contributed by atoms with E-state index < -0.39 is 11.9 Å². The van der Waals surface area contributed by atoms with Gasteiger partial charge in [0.05, 0.1) is 11.2 Å². The van der Waals surface area contributed by atoms with Crippen LogP contribution < -0.4 is 0 Å². The average molecular weight is 268 g/mol. The monoisotopic (exact) mass is 268 g/mol. The first-order valence-electron chi connectivity index (χ1n) is 7.84. The molecule has 4 bridgehead atoms. The maximum absolute atomic E-state index is 10.7. The highest BCUT2D eigenvalue weighted by Gasteiger charge is 2.58. The lowest BCUT2D eigenvalue weighted by molar-refractivity contribution is -0.292. The fraction of sp³-hybridized carbons (Fsp3) is 1.00. The normalized spacial score (nSPS) is 46.6. The molecule has 3 atom stereocenters. The van der Waals surface area contributed by atoms with E-state index in [1.165, 1.54) is 6.42 Å². The van der Waals surface area contributed by atoms with Crippen LogP contribution in [-0.2, 0) is 4.74 Å². The molecule has 2 unspecified atom stereocenters. The molecular formula is C16H28O3. The number of aliphatic hydroxyl groups excluding tert-OH is 1. The van der Waals surface area contributed by atoms with Gasteiger partial charge in [-0.1, -0.05) is 20.8 Å². The van der Waals surface area contributed by atoms with Gasteiger partial charge in [-0.25, -0.2) is 0 Å². The fourth-order valence-corrected chi connectivity index (χ4v) is 4.84. The van der Waals surface area contributed by atoms with Crippen LogP contribution >= 0.6 is 0 Å². The Kier molecular flexibility index (Phi) is 3.05. The second-order valence-corrected chi connectivity index (χ2v) is 8.18. The molecule has 110 valence electrons. The molecule has 0 amide bonds. The summed E-state index contributed by atoms with van der Waals surface area (Å²) in [5.41, 5.74) is -0.989. The van der Waals surface area contributed by atoms with Crippen molar-refractivity contribution in [2.75, 3.05) is 0 Å². The third-order valence-corrected chi connectivity index (χ3v) is 5.92. The Morgan fingerprint density at radius 1 is 1.21 bits per heavy atom. The highest BCUT2D eigenvalue weighted by Crippen LogP contribution is 2.59. The van der Waals surface area contributed by atoms with E-state index in [4.69, 9.17) is 4.74 Å². The summed E-state index contributed by atoms with van der Waals surface area (Å²) in [4.78, 5) is 0. The van der Waals surface area contributed by atoms with E-state index in [1.807, 2.05) is 13.8 Å². The molecule has 0 aromatic heterocycles. The smallest absolute Gasteiger partial charge is 0.160 e. The molecule has 0 aliphatic heterocycles. The minimum absolute atomic E-state index is 0.216. The molecule has 4 aliphatic rings. The predicted molar refractivity (Wildman–Crippen MR) is 73.5 cm³/mol. The first kappa shape index (κ1) is 13.8. The lowest BCUT2D eigenvalue weighted by Gasteiger charge is -2.60. The van der Waals surface area contributed by atoms with Crippen LogP contribution in [0, 0.1) is 17.3 Å². The maximum atomic E-state index is 10.7. The molecule has 0 saturated heterocycles. The van der Waals surface area contributed by atoms with Gasteiger partial charge in [0.25, 0.3) is 0 Å². The number of ether oxygens (including phenoxy) is 1. The van der Waals surface area contributed by atoms with Crippen molar-refractivity contribution >= 4 is 0 Å². The summed E-state index contributed by atoms with van der Waals surface area (Å²) in [5, 5.41) is 21.1. The molecule has 0 aromatic rings. The highest BCUT2D eigenvalue weighted by atomic mass is 16.6. The lowest BCUT2D eigenvalue weighted by Crippen LogP contribution is -2.61. The Bertz CT molecular complexity index is 349. The van der Waals surface area contributed by atoms with Gasteiger partial charge in [0.1, 0.15) is 0 Å². The fourth-order valence-electron chi connectivity index (χ4n) is 4.84. The van der Waals surface area contributed by atoms with Gasteiger partial charge >= 0.3 is 0 Å². The molecular weight excluding hydrogens is 240 g/mol. The first-order chi connectivity index (χ1) is 8.76. The van der Waals surface area contributed by atoms with Crippen molar-refractivity contribution in [3.8, 4) is 0 Å². The van der Waals surface area contributed by atoms with Gasteiger partial charge in [-0.15, -0.1) is 0 Å². The summed E-state index contributed by atoms with van der Waals surface area (Å²) >= 11 is 0. The maximum Gasteiger partial charge on any atom is 0.160 e. The van der Waals surface area contributed by atoms with Crippen molar-refractivity contribution in [3.05, 3.63) is 0 Å². The van der Waals surface area contributed by atoms with Crippen molar-refractivity contribution < 1.29 is 14.9 Å². The SMILES string of the molecule is CCC(C)(C)[C@H](O)OC12CC3CC(CC(O)(C3)C1)C2. The van der Waals surface area contributed by atoms with Gasteiger partial charge in [-0.05, 0) is 50.4 Å². The quantitative estimate of drug-likeness (QED) is 0.771. The molecule has 3 nitrogen and oxygen atoms in total. The zero-order valence-electron chi connectivity index (χ0n) is 12.5. The van der Waals surface area contributed by atoms with Crippen LogP contribution in [0.5, 0.6) is 0 Å². The Hall–Kier alpha value is -0.120. The lowest BCUT2D eigenvalue weighted by atomic mass is 9.52. The largest absolute Gasteiger partial charge is 0.390 e. The first-order valence-corrected chi connectivity index (χ1v) is 7.84. The Balaban J connectivity index is 1.77. The average Bonchev–Trinajstić information content (AvgIpc) is 2.24. The topological polar surface area (TPSA) is 49.7 Å². The van der Waals surface area contributed by atoms with Crippen LogP contribution in [0.1, 0.15) is 65.7 Å². The standard InChI is InChI=1S/C16H28O3/c1-4-14(2,3)13(17)19-16-8-11-5-12(9-16)7-15(18,6-11)10-16/h11-13,17-18H,4-10H2,1-3H3/t11?,12?,13-,15?,16?/m1/s1. The predicted octanol–water partition coefficient (Wildman–Crippen LogP) is 2.84. The van der Waals surface area contributed by atoms with Crippen LogP contribution in [-0.4, -0.2) is 27.7 Å². The third kappa shape index (κ3) is 2.34. The van der Waals surface area contributed by atoms with Gasteiger partial charge in [-0.3, -0.25) is 0 Å². The van der Waals surface area contributed by atoms with E-state index in [0.29, 0.717) is 11.8 Å². The minimum atomic E-state index is -0.725. The second-order valence-electron chi connectivity index (χ2n) is 8.18. The molecule has 0 aromatic carbocycles. The molecule has 0 spiro atoms. The molecule has 4 aliphatic carbocycles. The number of rotatable bonds is 4. The van der Waals surface area contributed by atoms with Gasteiger partial charge < -0.3 is 14.9 Å². The van der Waals surface area contributed by atoms with Crippen molar-refractivity contribution in [1.29, 1.82) is 0 Å².